The molecular weight excluding hydrogens is 238 g/mol. The summed E-state index contributed by atoms with van der Waals surface area (Å²) in [6.45, 7) is 3.59. The smallest absolute Gasteiger partial charge is 0.349 e. The van der Waals surface area contributed by atoms with Gasteiger partial charge in [-0.1, -0.05) is 18.2 Å². The second-order valence-electron chi connectivity index (χ2n) is 4.77. The summed E-state index contributed by atoms with van der Waals surface area (Å²) in [7, 11) is 2.00. The molecule has 1 aliphatic heterocycles. The van der Waals surface area contributed by atoms with Gasteiger partial charge in [0.05, 0.1) is 0 Å². The first kappa shape index (κ1) is 13.6. The van der Waals surface area contributed by atoms with Crippen LogP contribution in [0.15, 0.2) is 35.3 Å². The summed E-state index contributed by atoms with van der Waals surface area (Å²) < 4.78 is 0. The zero-order chi connectivity index (χ0) is 13.7. The molecule has 1 fully saturated rings. The van der Waals surface area contributed by atoms with Crippen molar-refractivity contribution in [1.29, 1.82) is 0 Å². The Morgan fingerprint density at radius 3 is 2.68 bits per heavy atom. The third kappa shape index (κ3) is 3.34. The van der Waals surface area contributed by atoms with Crippen molar-refractivity contribution < 1.29 is 4.79 Å². The molecule has 0 saturated carbocycles. The summed E-state index contributed by atoms with van der Waals surface area (Å²) in [6.07, 6.45) is 3.20. The van der Waals surface area contributed by atoms with E-state index in [2.05, 4.69) is 9.89 Å². The van der Waals surface area contributed by atoms with Crippen molar-refractivity contribution >= 4 is 17.6 Å². The summed E-state index contributed by atoms with van der Waals surface area (Å²) >= 11 is 0. The summed E-state index contributed by atoms with van der Waals surface area (Å²) in [6, 6.07) is 9.52. The van der Waals surface area contributed by atoms with Gasteiger partial charge in [0.1, 0.15) is 5.84 Å². The van der Waals surface area contributed by atoms with Gasteiger partial charge in [-0.05, 0) is 31.9 Å². The van der Waals surface area contributed by atoms with Crippen LogP contribution in [0.3, 0.4) is 0 Å². The number of amides is 2. The minimum atomic E-state index is -0.169. The molecule has 0 aromatic heterocycles. The molecule has 0 radical (unpaired) electrons. The number of anilines is 1. The minimum absolute atomic E-state index is 0.169. The number of likely N-dealkylation sites (tertiary alicyclic amines) is 1. The first-order chi connectivity index (χ1) is 9.22. The van der Waals surface area contributed by atoms with Gasteiger partial charge >= 0.3 is 6.03 Å². The highest BCUT2D eigenvalue weighted by Crippen LogP contribution is 2.16. The van der Waals surface area contributed by atoms with Crippen LogP contribution in [0.1, 0.15) is 26.2 Å². The molecule has 0 unspecified atom stereocenters. The molecule has 0 aliphatic carbocycles. The van der Waals surface area contributed by atoms with Crippen LogP contribution < -0.4 is 4.90 Å². The van der Waals surface area contributed by atoms with E-state index in [9.17, 15) is 4.79 Å². The molecule has 0 atom stereocenters. The zero-order valence-corrected chi connectivity index (χ0v) is 11.7. The van der Waals surface area contributed by atoms with Crippen molar-refractivity contribution in [3.8, 4) is 0 Å². The van der Waals surface area contributed by atoms with Gasteiger partial charge in [-0.3, -0.25) is 4.90 Å². The molecule has 1 aromatic rings. The second kappa shape index (κ2) is 6.36. The fourth-order valence-electron chi connectivity index (χ4n) is 2.30. The lowest BCUT2D eigenvalue weighted by Crippen LogP contribution is -2.35. The molecule has 4 nitrogen and oxygen atoms in total. The fraction of sp³-hybridized carbons (Fsp3) is 0.467. The number of nitrogens with zero attached hydrogens (tertiary/aromatic N) is 3. The van der Waals surface area contributed by atoms with Crippen LogP contribution in [0.5, 0.6) is 0 Å². The number of hydrogen-bond donors (Lipinski definition) is 0. The van der Waals surface area contributed by atoms with Crippen LogP contribution in [-0.4, -0.2) is 36.9 Å². The molecule has 2 amide bonds. The Balaban J connectivity index is 2.15. The number of carbonyl (C=O) groups is 1. The van der Waals surface area contributed by atoms with Crippen LogP contribution in [0.4, 0.5) is 10.5 Å². The second-order valence-corrected chi connectivity index (χ2v) is 4.77. The molecular formula is C15H21N3O. The molecule has 19 heavy (non-hydrogen) atoms. The van der Waals surface area contributed by atoms with E-state index in [-0.39, 0.29) is 6.03 Å². The molecule has 0 spiro atoms. The number of benzene rings is 1. The van der Waals surface area contributed by atoms with E-state index in [1.807, 2.05) is 44.3 Å². The lowest BCUT2D eigenvalue weighted by Gasteiger charge is -2.27. The standard InChI is InChI=1S/C15H21N3O/c1-3-18(13-9-5-4-6-10-13)15(19)16-14-11-7-8-12-17(14)2/h4-6,9-10H,3,7-8,11-12H2,1-2H3/b16-14-. The van der Waals surface area contributed by atoms with E-state index in [0.717, 1.165) is 30.9 Å². The Labute approximate surface area is 114 Å². The molecule has 1 heterocycles. The van der Waals surface area contributed by atoms with Gasteiger partial charge in [0.15, 0.2) is 0 Å². The number of amidine groups is 1. The van der Waals surface area contributed by atoms with E-state index in [4.69, 9.17) is 0 Å². The Hall–Kier alpha value is -1.84. The van der Waals surface area contributed by atoms with Crippen molar-refractivity contribution in [2.75, 3.05) is 25.0 Å². The van der Waals surface area contributed by atoms with E-state index in [1.54, 1.807) is 4.90 Å². The van der Waals surface area contributed by atoms with E-state index >= 15 is 0 Å². The predicted molar refractivity (Wildman–Crippen MR) is 78.8 cm³/mol. The van der Waals surface area contributed by atoms with Crippen molar-refractivity contribution in [1.82, 2.24) is 4.90 Å². The molecule has 1 saturated heterocycles. The number of aliphatic imine (C=N–C) groups is 1. The number of hydrogen-bond acceptors (Lipinski definition) is 1. The number of carbonyl (C=O) groups excluding carboxylic acids is 1. The minimum Gasteiger partial charge on any atom is -0.363 e. The normalized spacial score (nSPS) is 17.6. The van der Waals surface area contributed by atoms with Crippen LogP contribution in [-0.2, 0) is 0 Å². The van der Waals surface area contributed by atoms with Gasteiger partial charge in [-0.2, -0.15) is 4.99 Å². The van der Waals surface area contributed by atoms with Gasteiger partial charge in [0.2, 0.25) is 0 Å². The van der Waals surface area contributed by atoms with E-state index in [1.165, 1.54) is 6.42 Å². The van der Waals surface area contributed by atoms with Gasteiger partial charge in [0, 0.05) is 32.2 Å². The Bertz CT molecular complexity index is 456. The average molecular weight is 259 g/mol. The Kier molecular flexibility index (Phi) is 4.55. The largest absolute Gasteiger partial charge is 0.363 e. The maximum atomic E-state index is 12.3. The van der Waals surface area contributed by atoms with Gasteiger partial charge in [0.25, 0.3) is 0 Å². The molecule has 2 rings (SSSR count). The zero-order valence-electron chi connectivity index (χ0n) is 11.7. The van der Waals surface area contributed by atoms with Crippen molar-refractivity contribution in [3.63, 3.8) is 0 Å². The highest BCUT2D eigenvalue weighted by atomic mass is 16.2. The Morgan fingerprint density at radius 2 is 2.05 bits per heavy atom. The van der Waals surface area contributed by atoms with Crippen LogP contribution in [0.25, 0.3) is 0 Å². The summed E-state index contributed by atoms with van der Waals surface area (Å²) in [5.74, 6) is 0.908. The topological polar surface area (TPSA) is 35.9 Å². The fourth-order valence-corrected chi connectivity index (χ4v) is 2.30. The number of rotatable bonds is 2. The molecule has 1 aliphatic rings. The summed E-state index contributed by atoms with van der Waals surface area (Å²) in [5, 5.41) is 0. The lowest BCUT2D eigenvalue weighted by molar-refractivity contribution is 0.254. The first-order valence-corrected chi connectivity index (χ1v) is 6.87. The van der Waals surface area contributed by atoms with Gasteiger partial charge in [-0.15, -0.1) is 0 Å². The SMILES string of the molecule is CCN(C(=O)/N=C1/CCCCN1C)c1ccccc1. The predicted octanol–water partition coefficient (Wildman–Crippen LogP) is 3.15. The molecule has 0 bridgehead atoms. The maximum Gasteiger partial charge on any atom is 0.349 e. The highest BCUT2D eigenvalue weighted by Gasteiger charge is 2.17. The molecule has 0 N–H and O–H groups in total. The van der Waals surface area contributed by atoms with Gasteiger partial charge in [-0.25, -0.2) is 4.79 Å². The highest BCUT2D eigenvalue weighted by molar-refractivity contribution is 6.01. The van der Waals surface area contributed by atoms with Crippen LogP contribution in [0.2, 0.25) is 0 Å². The number of urea groups is 1. The van der Waals surface area contributed by atoms with E-state index < -0.39 is 0 Å². The summed E-state index contributed by atoms with van der Waals surface area (Å²) in [5.41, 5.74) is 0.901. The lowest BCUT2D eigenvalue weighted by atomic mass is 10.1. The van der Waals surface area contributed by atoms with Crippen molar-refractivity contribution in [3.05, 3.63) is 30.3 Å². The van der Waals surface area contributed by atoms with Crippen LogP contribution >= 0.6 is 0 Å². The van der Waals surface area contributed by atoms with Crippen molar-refractivity contribution in [2.45, 2.75) is 26.2 Å². The monoisotopic (exact) mass is 259 g/mol. The van der Waals surface area contributed by atoms with Gasteiger partial charge < -0.3 is 4.90 Å². The third-order valence-corrected chi connectivity index (χ3v) is 3.42. The number of piperidine rings is 1. The van der Waals surface area contributed by atoms with Crippen molar-refractivity contribution in [2.24, 2.45) is 4.99 Å². The quantitative estimate of drug-likeness (QED) is 0.818. The third-order valence-electron chi connectivity index (χ3n) is 3.42. The Morgan fingerprint density at radius 1 is 1.32 bits per heavy atom. The maximum absolute atomic E-state index is 12.3. The number of para-hydroxylation sites is 1. The first-order valence-electron chi connectivity index (χ1n) is 6.87. The summed E-state index contributed by atoms with van der Waals surface area (Å²) in [4.78, 5) is 20.4. The van der Waals surface area contributed by atoms with E-state index in [0.29, 0.717) is 6.54 Å². The molecule has 4 heteroatoms. The molecule has 1 aromatic carbocycles. The molecule has 102 valence electrons. The average Bonchev–Trinajstić information content (AvgIpc) is 2.43. The van der Waals surface area contributed by atoms with Crippen LogP contribution in [0, 0.1) is 0 Å².